The molecule has 0 fully saturated rings. The number of carbonyl (C=O) groups is 1. The highest BCUT2D eigenvalue weighted by Gasteiger charge is 2.18. The first-order valence-electron chi connectivity index (χ1n) is 5.60. The molecule has 0 aliphatic heterocycles. The SMILES string of the molecule is N#Cc1ccccc1S(=O)(=O)NCc1nc(C(=O)O)cs1. The summed E-state index contributed by atoms with van der Waals surface area (Å²) in [4.78, 5) is 14.3. The van der Waals surface area contributed by atoms with Crippen LogP contribution in [-0.4, -0.2) is 24.5 Å². The number of aromatic carboxylic acids is 1. The number of nitrogens with zero attached hydrogens (tertiary/aromatic N) is 2. The Morgan fingerprint density at radius 1 is 1.43 bits per heavy atom. The number of thiazole rings is 1. The van der Waals surface area contributed by atoms with Crippen molar-refractivity contribution in [1.82, 2.24) is 9.71 Å². The molecule has 0 spiro atoms. The zero-order valence-electron chi connectivity index (χ0n) is 10.5. The second-order valence-electron chi connectivity index (χ2n) is 3.86. The summed E-state index contributed by atoms with van der Waals surface area (Å²) in [6, 6.07) is 7.62. The van der Waals surface area contributed by atoms with Crippen LogP contribution in [0.5, 0.6) is 0 Å². The van der Waals surface area contributed by atoms with Gasteiger partial charge in [-0.25, -0.2) is 22.9 Å². The molecule has 0 saturated heterocycles. The Hall–Kier alpha value is -2.28. The Morgan fingerprint density at radius 2 is 2.14 bits per heavy atom. The molecule has 7 nitrogen and oxygen atoms in total. The number of carboxylic acids is 1. The molecular weight excluding hydrogens is 314 g/mol. The number of rotatable bonds is 5. The number of hydrogen-bond donors (Lipinski definition) is 2. The zero-order chi connectivity index (χ0) is 15.5. The molecule has 0 unspecified atom stereocenters. The molecule has 9 heteroatoms. The normalized spacial score (nSPS) is 11.0. The van der Waals surface area contributed by atoms with Crippen LogP contribution in [0.4, 0.5) is 0 Å². The van der Waals surface area contributed by atoms with Gasteiger partial charge in [-0.05, 0) is 12.1 Å². The molecule has 21 heavy (non-hydrogen) atoms. The quantitative estimate of drug-likeness (QED) is 0.852. The number of sulfonamides is 1. The topological polar surface area (TPSA) is 120 Å². The van der Waals surface area contributed by atoms with Gasteiger partial charge in [0, 0.05) is 5.38 Å². The number of carboxylic acid groups (broad SMARTS) is 1. The van der Waals surface area contributed by atoms with Crippen LogP contribution in [0.3, 0.4) is 0 Å². The van der Waals surface area contributed by atoms with Crippen LogP contribution in [-0.2, 0) is 16.6 Å². The fraction of sp³-hybridized carbons (Fsp3) is 0.0833. The van der Waals surface area contributed by atoms with Crippen molar-refractivity contribution in [2.75, 3.05) is 0 Å². The number of benzene rings is 1. The van der Waals surface area contributed by atoms with Gasteiger partial charge >= 0.3 is 5.97 Å². The summed E-state index contributed by atoms with van der Waals surface area (Å²) >= 11 is 1.04. The molecule has 0 aliphatic rings. The molecule has 0 aliphatic carbocycles. The van der Waals surface area contributed by atoms with E-state index in [0.29, 0.717) is 5.01 Å². The number of aromatic nitrogens is 1. The lowest BCUT2D eigenvalue weighted by Crippen LogP contribution is -2.24. The van der Waals surface area contributed by atoms with Crippen LogP contribution in [0.25, 0.3) is 0 Å². The second kappa shape index (κ2) is 6.01. The van der Waals surface area contributed by atoms with Gasteiger partial charge < -0.3 is 5.11 Å². The molecule has 0 saturated carbocycles. The molecule has 2 rings (SSSR count). The molecule has 1 aromatic carbocycles. The molecular formula is C12H9N3O4S2. The summed E-state index contributed by atoms with van der Waals surface area (Å²) in [6.45, 7) is -0.139. The van der Waals surface area contributed by atoms with E-state index in [0.717, 1.165) is 11.3 Å². The highest BCUT2D eigenvalue weighted by Crippen LogP contribution is 2.15. The van der Waals surface area contributed by atoms with Gasteiger partial charge in [-0.2, -0.15) is 5.26 Å². The van der Waals surface area contributed by atoms with Crippen molar-refractivity contribution in [3.63, 3.8) is 0 Å². The molecule has 2 N–H and O–H groups in total. The van der Waals surface area contributed by atoms with Gasteiger partial charge in [-0.1, -0.05) is 12.1 Å². The molecule has 2 aromatic rings. The van der Waals surface area contributed by atoms with E-state index in [1.165, 1.54) is 23.6 Å². The molecule has 0 amide bonds. The predicted molar refractivity (Wildman–Crippen MR) is 74.3 cm³/mol. The maximum absolute atomic E-state index is 12.1. The number of nitriles is 1. The molecule has 0 radical (unpaired) electrons. The molecule has 108 valence electrons. The summed E-state index contributed by atoms with van der Waals surface area (Å²) < 4.78 is 26.5. The third kappa shape index (κ3) is 3.43. The molecule has 0 bridgehead atoms. The third-order valence-electron chi connectivity index (χ3n) is 2.48. The fourth-order valence-corrected chi connectivity index (χ4v) is 3.46. The van der Waals surface area contributed by atoms with Crippen LogP contribution in [0.2, 0.25) is 0 Å². The van der Waals surface area contributed by atoms with Gasteiger partial charge in [0.25, 0.3) is 0 Å². The highest BCUT2D eigenvalue weighted by atomic mass is 32.2. The number of nitrogens with one attached hydrogen (secondary N) is 1. The lowest BCUT2D eigenvalue weighted by molar-refractivity contribution is 0.0691. The lowest BCUT2D eigenvalue weighted by Gasteiger charge is -2.06. The van der Waals surface area contributed by atoms with E-state index in [2.05, 4.69) is 9.71 Å². The van der Waals surface area contributed by atoms with Crippen molar-refractivity contribution in [2.24, 2.45) is 0 Å². The Labute approximate surface area is 124 Å². The minimum absolute atomic E-state index is 0.0374. The zero-order valence-corrected chi connectivity index (χ0v) is 12.1. The van der Waals surface area contributed by atoms with Gasteiger partial charge in [-0.15, -0.1) is 11.3 Å². The smallest absolute Gasteiger partial charge is 0.355 e. The first-order chi connectivity index (χ1) is 9.94. The standard InChI is InChI=1S/C12H9N3O4S2/c13-5-8-3-1-2-4-10(8)21(18,19)14-6-11-15-9(7-20-11)12(16)17/h1-4,7,14H,6H2,(H,16,17). The Bertz CT molecular complexity index is 821. The second-order valence-corrected chi connectivity index (χ2v) is 6.54. The molecule has 1 heterocycles. The van der Waals surface area contributed by atoms with Crippen molar-refractivity contribution in [2.45, 2.75) is 11.4 Å². The predicted octanol–water partition coefficient (Wildman–Crippen LogP) is 1.19. The molecule has 1 aromatic heterocycles. The Morgan fingerprint density at radius 3 is 2.76 bits per heavy atom. The fourth-order valence-electron chi connectivity index (χ4n) is 1.52. The Kier molecular flexibility index (Phi) is 4.32. The monoisotopic (exact) mass is 323 g/mol. The van der Waals surface area contributed by atoms with Gasteiger partial charge in [-0.3, -0.25) is 0 Å². The summed E-state index contributed by atoms with van der Waals surface area (Å²) in [5.74, 6) is -1.17. The van der Waals surface area contributed by atoms with Crippen LogP contribution >= 0.6 is 11.3 Å². The maximum atomic E-state index is 12.1. The largest absolute Gasteiger partial charge is 0.476 e. The lowest BCUT2D eigenvalue weighted by atomic mass is 10.2. The van der Waals surface area contributed by atoms with Gasteiger partial charge in [0.2, 0.25) is 10.0 Å². The van der Waals surface area contributed by atoms with E-state index in [1.807, 2.05) is 6.07 Å². The maximum Gasteiger partial charge on any atom is 0.355 e. The van der Waals surface area contributed by atoms with Crippen molar-refractivity contribution < 1.29 is 18.3 Å². The first kappa shape index (κ1) is 15.1. The van der Waals surface area contributed by atoms with Crippen molar-refractivity contribution in [3.05, 3.63) is 45.9 Å². The van der Waals surface area contributed by atoms with Gasteiger partial charge in [0.05, 0.1) is 17.0 Å². The average molecular weight is 323 g/mol. The van der Waals surface area contributed by atoms with E-state index in [-0.39, 0.29) is 22.7 Å². The van der Waals surface area contributed by atoms with Crippen LogP contribution in [0.1, 0.15) is 21.1 Å². The highest BCUT2D eigenvalue weighted by molar-refractivity contribution is 7.89. The van der Waals surface area contributed by atoms with E-state index in [1.54, 1.807) is 6.07 Å². The van der Waals surface area contributed by atoms with E-state index >= 15 is 0 Å². The minimum Gasteiger partial charge on any atom is -0.476 e. The van der Waals surface area contributed by atoms with E-state index in [9.17, 15) is 13.2 Å². The van der Waals surface area contributed by atoms with Gasteiger partial charge in [0.15, 0.2) is 5.69 Å². The summed E-state index contributed by atoms with van der Waals surface area (Å²) in [5.41, 5.74) is -0.0954. The Balaban J connectivity index is 2.18. The van der Waals surface area contributed by atoms with Crippen LogP contribution in [0, 0.1) is 11.3 Å². The third-order valence-corrected chi connectivity index (χ3v) is 4.79. The summed E-state index contributed by atoms with van der Waals surface area (Å²) in [6.07, 6.45) is 0. The first-order valence-corrected chi connectivity index (χ1v) is 7.97. The minimum atomic E-state index is -3.87. The van der Waals surface area contributed by atoms with Crippen molar-refractivity contribution >= 4 is 27.3 Å². The molecule has 0 atom stereocenters. The van der Waals surface area contributed by atoms with E-state index in [4.69, 9.17) is 10.4 Å². The summed E-state index contributed by atoms with van der Waals surface area (Å²) in [5, 5.41) is 19.3. The van der Waals surface area contributed by atoms with Gasteiger partial charge in [0.1, 0.15) is 11.1 Å². The number of hydrogen-bond acceptors (Lipinski definition) is 6. The van der Waals surface area contributed by atoms with Crippen LogP contribution < -0.4 is 4.72 Å². The average Bonchev–Trinajstić information content (AvgIpc) is 2.94. The van der Waals surface area contributed by atoms with Crippen LogP contribution in [0.15, 0.2) is 34.5 Å². The van der Waals surface area contributed by atoms with Crippen molar-refractivity contribution in [1.29, 1.82) is 5.26 Å². The van der Waals surface area contributed by atoms with E-state index < -0.39 is 16.0 Å². The summed E-state index contributed by atoms with van der Waals surface area (Å²) in [7, 11) is -3.87. The van der Waals surface area contributed by atoms with Crippen molar-refractivity contribution in [3.8, 4) is 6.07 Å².